The summed E-state index contributed by atoms with van der Waals surface area (Å²) in [6.45, 7) is 3.21. The number of carbonyl (C=O) groups is 1. The Bertz CT molecular complexity index is 716. The summed E-state index contributed by atoms with van der Waals surface area (Å²) in [6, 6.07) is 11.2. The van der Waals surface area contributed by atoms with Crippen molar-refractivity contribution < 1.29 is 14.3 Å². The van der Waals surface area contributed by atoms with Crippen molar-refractivity contribution in [2.75, 3.05) is 26.2 Å². The summed E-state index contributed by atoms with van der Waals surface area (Å²) < 4.78 is 11.6. The first-order valence-electron chi connectivity index (χ1n) is 9.49. The molecule has 1 aliphatic heterocycles. The molecule has 0 aliphatic carbocycles. The van der Waals surface area contributed by atoms with Gasteiger partial charge in [-0.15, -0.1) is 0 Å². The number of benzene rings is 1. The van der Waals surface area contributed by atoms with Crippen molar-refractivity contribution >= 4 is 5.91 Å². The molecular formula is C21H27N3O3. The van der Waals surface area contributed by atoms with Crippen LogP contribution in [0.1, 0.15) is 35.2 Å². The largest absolute Gasteiger partial charge is 0.489 e. The lowest BCUT2D eigenvalue weighted by molar-refractivity contribution is 0.00843. The fourth-order valence-electron chi connectivity index (χ4n) is 3.11. The molecular weight excluding hydrogens is 342 g/mol. The van der Waals surface area contributed by atoms with Gasteiger partial charge in [0.2, 0.25) is 0 Å². The quantitative estimate of drug-likeness (QED) is 0.724. The van der Waals surface area contributed by atoms with Crippen molar-refractivity contribution in [3.05, 3.63) is 59.9 Å². The van der Waals surface area contributed by atoms with Crippen LogP contribution in [-0.4, -0.2) is 48.1 Å². The molecule has 1 amide bonds. The minimum atomic E-state index is 0.0437. The number of hydrogen-bond acceptors (Lipinski definition) is 5. The second-order valence-electron chi connectivity index (χ2n) is 6.68. The van der Waals surface area contributed by atoms with Crippen molar-refractivity contribution in [1.82, 2.24) is 9.88 Å². The van der Waals surface area contributed by atoms with E-state index in [1.807, 2.05) is 41.3 Å². The number of carbonyl (C=O) groups excluding carboxylic acids is 1. The van der Waals surface area contributed by atoms with E-state index in [1.165, 1.54) is 0 Å². The summed E-state index contributed by atoms with van der Waals surface area (Å²) in [5.41, 5.74) is 7.14. The second-order valence-corrected chi connectivity index (χ2v) is 6.68. The number of piperidine rings is 1. The van der Waals surface area contributed by atoms with Gasteiger partial charge in [0.25, 0.3) is 5.91 Å². The van der Waals surface area contributed by atoms with Crippen LogP contribution in [0, 0.1) is 0 Å². The number of hydrogen-bond donors (Lipinski definition) is 1. The van der Waals surface area contributed by atoms with E-state index in [1.54, 1.807) is 12.4 Å². The van der Waals surface area contributed by atoms with Gasteiger partial charge in [0.05, 0.1) is 6.10 Å². The lowest BCUT2D eigenvalue weighted by Crippen LogP contribution is -2.41. The molecule has 2 N–H and O–H groups in total. The highest BCUT2D eigenvalue weighted by Crippen LogP contribution is 2.20. The van der Waals surface area contributed by atoms with Gasteiger partial charge in [-0.3, -0.25) is 9.78 Å². The predicted octanol–water partition coefficient (Wildman–Crippen LogP) is 2.63. The minimum Gasteiger partial charge on any atom is -0.489 e. The third-order valence-electron chi connectivity index (χ3n) is 4.64. The van der Waals surface area contributed by atoms with E-state index in [4.69, 9.17) is 15.2 Å². The summed E-state index contributed by atoms with van der Waals surface area (Å²) >= 11 is 0. The van der Waals surface area contributed by atoms with Gasteiger partial charge in [0, 0.05) is 43.2 Å². The van der Waals surface area contributed by atoms with Crippen molar-refractivity contribution in [2.45, 2.75) is 32.0 Å². The van der Waals surface area contributed by atoms with E-state index >= 15 is 0 Å². The fraction of sp³-hybridized carbons (Fsp3) is 0.429. The summed E-state index contributed by atoms with van der Waals surface area (Å²) in [5.74, 6) is 0.729. The molecule has 1 aromatic heterocycles. The molecule has 0 spiro atoms. The van der Waals surface area contributed by atoms with Gasteiger partial charge < -0.3 is 20.1 Å². The summed E-state index contributed by atoms with van der Waals surface area (Å²) in [6.07, 6.45) is 6.35. The van der Waals surface area contributed by atoms with Gasteiger partial charge in [-0.1, -0.05) is 12.1 Å². The minimum absolute atomic E-state index is 0.0437. The number of rotatable bonds is 8. The highest BCUT2D eigenvalue weighted by atomic mass is 16.5. The van der Waals surface area contributed by atoms with E-state index < -0.39 is 0 Å². The van der Waals surface area contributed by atoms with Crippen LogP contribution in [0.25, 0.3) is 0 Å². The van der Waals surface area contributed by atoms with Crippen molar-refractivity contribution in [1.29, 1.82) is 0 Å². The van der Waals surface area contributed by atoms with E-state index in [0.717, 1.165) is 24.8 Å². The van der Waals surface area contributed by atoms with Gasteiger partial charge >= 0.3 is 0 Å². The highest BCUT2D eigenvalue weighted by Gasteiger charge is 2.24. The molecule has 0 atom stereocenters. The van der Waals surface area contributed by atoms with E-state index in [-0.39, 0.29) is 12.0 Å². The number of likely N-dealkylation sites (tertiary alicyclic amines) is 1. The Kier molecular flexibility index (Phi) is 7.19. The second kappa shape index (κ2) is 10.0. The number of nitrogens with two attached hydrogens (primary N) is 1. The zero-order valence-corrected chi connectivity index (χ0v) is 15.5. The number of pyridine rings is 1. The lowest BCUT2D eigenvalue weighted by atomic mass is 10.1. The molecule has 2 aromatic rings. The van der Waals surface area contributed by atoms with Crippen molar-refractivity contribution in [3.63, 3.8) is 0 Å². The normalized spacial score (nSPS) is 14.9. The molecule has 0 unspecified atom stereocenters. The molecule has 144 valence electrons. The van der Waals surface area contributed by atoms with Gasteiger partial charge in [0.15, 0.2) is 0 Å². The molecule has 3 rings (SSSR count). The average molecular weight is 369 g/mol. The molecule has 6 heteroatoms. The Hall–Kier alpha value is -2.44. The van der Waals surface area contributed by atoms with Crippen LogP contribution < -0.4 is 10.5 Å². The Morgan fingerprint density at radius 3 is 2.81 bits per heavy atom. The third-order valence-corrected chi connectivity index (χ3v) is 4.64. The standard InChI is InChI=1S/C21H27N3O3/c22-9-3-13-26-19-7-11-24(12-8-19)21(25)18-5-1-6-20(14-18)27-16-17-4-2-10-23-15-17/h1-2,4-6,10,14-15,19H,3,7-9,11-13,16,22H2. The average Bonchev–Trinajstić information content (AvgIpc) is 2.73. The maximum absolute atomic E-state index is 12.8. The smallest absolute Gasteiger partial charge is 0.253 e. The van der Waals surface area contributed by atoms with Gasteiger partial charge in [0.1, 0.15) is 12.4 Å². The highest BCUT2D eigenvalue weighted by molar-refractivity contribution is 5.94. The zero-order valence-electron chi connectivity index (χ0n) is 15.5. The first-order chi connectivity index (χ1) is 13.3. The van der Waals surface area contributed by atoms with E-state index in [0.29, 0.717) is 44.2 Å². The maximum Gasteiger partial charge on any atom is 0.253 e. The monoisotopic (exact) mass is 369 g/mol. The molecule has 0 saturated carbocycles. The lowest BCUT2D eigenvalue weighted by Gasteiger charge is -2.32. The number of ether oxygens (including phenoxy) is 2. The van der Waals surface area contributed by atoms with Crippen LogP contribution in [0.3, 0.4) is 0 Å². The maximum atomic E-state index is 12.8. The van der Waals surface area contributed by atoms with Crippen LogP contribution in [0.4, 0.5) is 0 Å². The number of aromatic nitrogens is 1. The first kappa shape index (κ1) is 19.3. The molecule has 2 heterocycles. The van der Waals surface area contributed by atoms with Gasteiger partial charge in [-0.05, 0) is 50.1 Å². The van der Waals surface area contributed by atoms with E-state index in [9.17, 15) is 4.79 Å². The predicted molar refractivity (Wildman–Crippen MR) is 104 cm³/mol. The van der Waals surface area contributed by atoms with Crippen LogP contribution >= 0.6 is 0 Å². The topological polar surface area (TPSA) is 77.7 Å². The zero-order chi connectivity index (χ0) is 18.9. The molecule has 0 radical (unpaired) electrons. The SMILES string of the molecule is NCCCOC1CCN(C(=O)c2cccc(OCc3cccnc3)c2)CC1. The molecule has 1 aliphatic rings. The van der Waals surface area contributed by atoms with Crippen molar-refractivity contribution in [2.24, 2.45) is 5.73 Å². The molecule has 6 nitrogen and oxygen atoms in total. The number of amides is 1. The summed E-state index contributed by atoms with van der Waals surface area (Å²) in [5, 5.41) is 0. The van der Waals surface area contributed by atoms with Gasteiger partial charge in [-0.2, -0.15) is 0 Å². The van der Waals surface area contributed by atoms with Crippen LogP contribution in [-0.2, 0) is 11.3 Å². The summed E-state index contributed by atoms with van der Waals surface area (Å²) in [4.78, 5) is 18.8. The Morgan fingerprint density at radius 2 is 2.07 bits per heavy atom. The molecule has 1 saturated heterocycles. The molecule has 1 aromatic carbocycles. The van der Waals surface area contributed by atoms with Gasteiger partial charge in [-0.25, -0.2) is 0 Å². The first-order valence-corrected chi connectivity index (χ1v) is 9.49. The Labute approximate surface area is 160 Å². The van der Waals surface area contributed by atoms with Crippen LogP contribution in [0.5, 0.6) is 5.75 Å². The Balaban J connectivity index is 1.51. The van der Waals surface area contributed by atoms with Crippen molar-refractivity contribution in [3.8, 4) is 5.75 Å². The molecule has 27 heavy (non-hydrogen) atoms. The van der Waals surface area contributed by atoms with Crippen LogP contribution in [0.2, 0.25) is 0 Å². The number of nitrogens with zero attached hydrogens (tertiary/aromatic N) is 2. The Morgan fingerprint density at radius 1 is 1.22 bits per heavy atom. The molecule has 0 bridgehead atoms. The third kappa shape index (κ3) is 5.77. The summed E-state index contributed by atoms with van der Waals surface area (Å²) in [7, 11) is 0. The molecule has 1 fully saturated rings. The van der Waals surface area contributed by atoms with E-state index in [2.05, 4.69) is 4.98 Å². The fourth-order valence-corrected chi connectivity index (χ4v) is 3.11. The van der Waals surface area contributed by atoms with Crippen LogP contribution in [0.15, 0.2) is 48.8 Å².